The molecule has 1 atom stereocenters. The van der Waals surface area contributed by atoms with Gasteiger partial charge in [0.15, 0.2) is 0 Å². The minimum Gasteiger partial charge on any atom is -0.396 e. The number of aliphatic hydroxyl groups is 1. The number of aryl methyl sites for hydroxylation is 1. The van der Waals surface area contributed by atoms with Crippen LogP contribution in [0.3, 0.4) is 0 Å². The molecule has 1 nitrogen and oxygen atoms in total. The number of rotatable bonds is 2. The second-order valence-corrected chi connectivity index (χ2v) is 4.78. The molecule has 0 heterocycles. The SMILES string of the molecule is CCc1ccc2c(c1)C[C@](C)(CO)C2. The van der Waals surface area contributed by atoms with Crippen molar-refractivity contribution in [2.24, 2.45) is 5.41 Å². The summed E-state index contributed by atoms with van der Waals surface area (Å²) in [5, 5.41) is 9.32. The fraction of sp³-hybridized carbons (Fsp3) is 0.538. The van der Waals surface area contributed by atoms with Crippen LogP contribution in [-0.4, -0.2) is 11.7 Å². The largest absolute Gasteiger partial charge is 0.396 e. The van der Waals surface area contributed by atoms with Gasteiger partial charge in [0, 0.05) is 6.61 Å². The number of benzene rings is 1. The Bertz CT molecular complexity index is 343. The normalized spacial score (nSPS) is 25.1. The smallest absolute Gasteiger partial charge is 0.0491 e. The predicted octanol–water partition coefficient (Wildman–Crippen LogP) is 2.35. The molecule has 0 aliphatic heterocycles. The maximum absolute atomic E-state index is 9.32. The van der Waals surface area contributed by atoms with E-state index in [0.717, 1.165) is 19.3 Å². The van der Waals surface area contributed by atoms with Crippen LogP contribution in [-0.2, 0) is 19.3 Å². The van der Waals surface area contributed by atoms with Gasteiger partial charge < -0.3 is 5.11 Å². The van der Waals surface area contributed by atoms with Gasteiger partial charge >= 0.3 is 0 Å². The Balaban J connectivity index is 2.31. The lowest BCUT2D eigenvalue weighted by Crippen LogP contribution is -2.21. The second-order valence-electron chi connectivity index (χ2n) is 4.78. The van der Waals surface area contributed by atoms with Crippen molar-refractivity contribution in [3.8, 4) is 0 Å². The van der Waals surface area contributed by atoms with E-state index in [2.05, 4.69) is 32.0 Å². The Kier molecular flexibility index (Phi) is 2.36. The van der Waals surface area contributed by atoms with Crippen LogP contribution < -0.4 is 0 Å². The molecule has 0 fully saturated rings. The van der Waals surface area contributed by atoms with Crippen molar-refractivity contribution >= 4 is 0 Å². The maximum atomic E-state index is 9.32. The van der Waals surface area contributed by atoms with Gasteiger partial charge in [0.2, 0.25) is 0 Å². The van der Waals surface area contributed by atoms with Crippen molar-refractivity contribution in [1.82, 2.24) is 0 Å². The van der Waals surface area contributed by atoms with Crippen LogP contribution in [0.15, 0.2) is 18.2 Å². The first kappa shape index (κ1) is 9.72. The van der Waals surface area contributed by atoms with E-state index in [1.807, 2.05) is 0 Å². The van der Waals surface area contributed by atoms with Gasteiger partial charge in [0.05, 0.1) is 0 Å². The van der Waals surface area contributed by atoms with Crippen molar-refractivity contribution in [2.45, 2.75) is 33.1 Å². The highest BCUT2D eigenvalue weighted by molar-refractivity contribution is 5.37. The maximum Gasteiger partial charge on any atom is 0.0491 e. The molecule has 1 heteroatoms. The average molecular weight is 190 g/mol. The molecule has 14 heavy (non-hydrogen) atoms. The highest BCUT2D eigenvalue weighted by Gasteiger charge is 2.31. The summed E-state index contributed by atoms with van der Waals surface area (Å²) in [6, 6.07) is 6.74. The summed E-state index contributed by atoms with van der Waals surface area (Å²) in [5.41, 5.74) is 4.37. The summed E-state index contributed by atoms with van der Waals surface area (Å²) in [6.07, 6.45) is 3.17. The standard InChI is InChI=1S/C13H18O/c1-3-10-4-5-11-7-13(2,9-14)8-12(11)6-10/h4-6,14H,3,7-9H2,1-2H3/t13-/m1/s1. The molecule has 1 N–H and O–H groups in total. The Hall–Kier alpha value is -0.820. The van der Waals surface area contributed by atoms with Crippen molar-refractivity contribution in [3.63, 3.8) is 0 Å². The van der Waals surface area contributed by atoms with Crippen molar-refractivity contribution in [3.05, 3.63) is 34.9 Å². The lowest BCUT2D eigenvalue weighted by atomic mass is 9.88. The van der Waals surface area contributed by atoms with E-state index in [1.165, 1.54) is 16.7 Å². The lowest BCUT2D eigenvalue weighted by molar-refractivity contribution is 0.152. The van der Waals surface area contributed by atoms with Crippen LogP contribution in [0, 0.1) is 5.41 Å². The number of hydrogen-bond donors (Lipinski definition) is 1. The number of aliphatic hydroxyl groups excluding tert-OH is 1. The monoisotopic (exact) mass is 190 g/mol. The molecule has 0 saturated carbocycles. The second kappa shape index (κ2) is 3.39. The highest BCUT2D eigenvalue weighted by atomic mass is 16.3. The fourth-order valence-electron chi connectivity index (χ4n) is 2.33. The Morgan fingerprint density at radius 2 is 2.00 bits per heavy atom. The summed E-state index contributed by atoms with van der Waals surface area (Å²) < 4.78 is 0. The summed E-state index contributed by atoms with van der Waals surface area (Å²) in [4.78, 5) is 0. The number of hydrogen-bond acceptors (Lipinski definition) is 1. The zero-order valence-electron chi connectivity index (χ0n) is 9.01. The Morgan fingerprint density at radius 1 is 1.29 bits per heavy atom. The van der Waals surface area contributed by atoms with E-state index in [0.29, 0.717) is 6.61 Å². The van der Waals surface area contributed by atoms with E-state index >= 15 is 0 Å². The minimum atomic E-state index is 0.0920. The molecule has 2 rings (SSSR count). The van der Waals surface area contributed by atoms with Crippen LogP contribution in [0.5, 0.6) is 0 Å². The first-order chi connectivity index (χ1) is 6.67. The van der Waals surface area contributed by atoms with Gasteiger partial charge in [-0.25, -0.2) is 0 Å². The van der Waals surface area contributed by atoms with Gasteiger partial charge in [-0.2, -0.15) is 0 Å². The topological polar surface area (TPSA) is 20.2 Å². The van der Waals surface area contributed by atoms with Crippen LogP contribution in [0.25, 0.3) is 0 Å². The van der Waals surface area contributed by atoms with Gasteiger partial charge in [-0.05, 0) is 41.4 Å². The zero-order valence-corrected chi connectivity index (χ0v) is 9.01. The Labute approximate surface area is 85.8 Å². The molecule has 0 bridgehead atoms. The van der Waals surface area contributed by atoms with Gasteiger partial charge in [0.25, 0.3) is 0 Å². The van der Waals surface area contributed by atoms with Crippen LogP contribution in [0.1, 0.15) is 30.5 Å². The molecule has 1 aromatic rings. The van der Waals surface area contributed by atoms with Crippen molar-refractivity contribution < 1.29 is 5.11 Å². The molecule has 0 spiro atoms. The first-order valence-corrected chi connectivity index (χ1v) is 5.38. The summed E-state index contributed by atoms with van der Waals surface area (Å²) >= 11 is 0. The molecule has 76 valence electrons. The van der Waals surface area contributed by atoms with E-state index in [-0.39, 0.29) is 5.41 Å². The molecule has 0 saturated heterocycles. The van der Waals surface area contributed by atoms with E-state index < -0.39 is 0 Å². The molecule has 0 aromatic heterocycles. The lowest BCUT2D eigenvalue weighted by Gasteiger charge is -2.19. The first-order valence-electron chi connectivity index (χ1n) is 5.38. The van der Waals surface area contributed by atoms with Gasteiger partial charge in [-0.15, -0.1) is 0 Å². The third kappa shape index (κ3) is 1.57. The average Bonchev–Trinajstić information content (AvgIpc) is 2.54. The van der Waals surface area contributed by atoms with E-state index in [1.54, 1.807) is 0 Å². The van der Waals surface area contributed by atoms with Crippen LogP contribution in [0.4, 0.5) is 0 Å². The van der Waals surface area contributed by atoms with Gasteiger partial charge in [0.1, 0.15) is 0 Å². The zero-order chi connectivity index (χ0) is 10.2. The highest BCUT2D eigenvalue weighted by Crippen LogP contribution is 2.36. The molecular formula is C13H18O. The quantitative estimate of drug-likeness (QED) is 0.759. The predicted molar refractivity (Wildman–Crippen MR) is 58.4 cm³/mol. The molecule has 1 aromatic carbocycles. The van der Waals surface area contributed by atoms with E-state index in [9.17, 15) is 5.11 Å². The Morgan fingerprint density at radius 3 is 2.64 bits per heavy atom. The third-order valence-corrected chi connectivity index (χ3v) is 3.30. The molecule has 0 amide bonds. The van der Waals surface area contributed by atoms with Crippen molar-refractivity contribution in [2.75, 3.05) is 6.61 Å². The van der Waals surface area contributed by atoms with E-state index in [4.69, 9.17) is 0 Å². The summed E-state index contributed by atoms with van der Waals surface area (Å²) in [6.45, 7) is 4.64. The van der Waals surface area contributed by atoms with Gasteiger partial charge in [-0.1, -0.05) is 32.0 Å². The third-order valence-electron chi connectivity index (χ3n) is 3.30. The van der Waals surface area contributed by atoms with Gasteiger partial charge in [-0.3, -0.25) is 0 Å². The van der Waals surface area contributed by atoms with Crippen LogP contribution in [0.2, 0.25) is 0 Å². The van der Waals surface area contributed by atoms with Crippen molar-refractivity contribution in [1.29, 1.82) is 0 Å². The summed E-state index contributed by atoms with van der Waals surface area (Å²) in [5.74, 6) is 0. The molecule has 0 unspecified atom stereocenters. The minimum absolute atomic E-state index is 0.0920. The summed E-state index contributed by atoms with van der Waals surface area (Å²) in [7, 11) is 0. The number of fused-ring (bicyclic) bond motifs is 1. The van der Waals surface area contributed by atoms with Crippen LogP contribution >= 0.6 is 0 Å². The molecular weight excluding hydrogens is 172 g/mol. The molecule has 0 radical (unpaired) electrons. The molecule has 1 aliphatic carbocycles. The molecule has 1 aliphatic rings. The fourth-order valence-corrected chi connectivity index (χ4v) is 2.33.